The molecule has 0 fully saturated rings. The average Bonchev–Trinajstić information content (AvgIpc) is 2.84. The fourth-order valence-corrected chi connectivity index (χ4v) is 2.98. The summed E-state index contributed by atoms with van der Waals surface area (Å²) < 4.78 is 5.06. The first kappa shape index (κ1) is 18.5. The van der Waals surface area contributed by atoms with E-state index in [0.29, 0.717) is 17.0 Å². The van der Waals surface area contributed by atoms with Gasteiger partial charge in [0, 0.05) is 12.6 Å². The van der Waals surface area contributed by atoms with Crippen LogP contribution in [-0.2, 0) is 14.4 Å². The second-order valence-corrected chi connectivity index (χ2v) is 6.15. The van der Waals surface area contributed by atoms with Crippen LogP contribution in [0.5, 0.6) is 5.75 Å². The van der Waals surface area contributed by atoms with E-state index in [0.717, 1.165) is 4.90 Å². The summed E-state index contributed by atoms with van der Waals surface area (Å²) in [6.07, 6.45) is 0. The van der Waals surface area contributed by atoms with Crippen LogP contribution < -0.4 is 15.0 Å². The molecule has 2 aromatic rings. The van der Waals surface area contributed by atoms with Gasteiger partial charge in [0.25, 0.3) is 5.91 Å². The zero-order valence-electron chi connectivity index (χ0n) is 14.4. The van der Waals surface area contributed by atoms with Crippen LogP contribution in [0, 0.1) is 0 Å². The summed E-state index contributed by atoms with van der Waals surface area (Å²) in [7, 11) is 1.45. The van der Waals surface area contributed by atoms with Gasteiger partial charge in [0.15, 0.2) is 5.76 Å². The number of hydrogen-bond acceptors (Lipinski definition) is 5. The molecule has 2 aromatic carbocycles. The van der Waals surface area contributed by atoms with Crippen LogP contribution in [0.2, 0.25) is 5.02 Å². The number of rotatable bonds is 4. The van der Waals surface area contributed by atoms with E-state index in [2.05, 4.69) is 5.32 Å². The van der Waals surface area contributed by atoms with Gasteiger partial charge in [0.1, 0.15) is 5.75 Å². The first-order valence-electron chi connectivity index (χ1n) is 7.87. The predicted molar refractivity (Wildman–Crippen MR) is 101 cm³/mol. The molecule has 0 spiro atoms. The number of anilines is 2. The summed E-state index contributed by atoms with van der Waals surface area (Å²) in [5.41, 5.74) is 0.970. The number of hydrogen-bond donors (Lipinski definition) is 2. The molecule has 27 heavy (non-hydrogen) atoms. The van der Waals surface area contributed by atoms with Gasteiger partial charge < -0.3 is 15.2 Å². The number of aliphatic hydroxyl groups excluding tert-OH is 1. The Morgan fingerprint density at radius 3 is 2.33 bits per heavy atom. The Labute approximate surface area is 159 Å². The van der Waals surface area contributed by atoms with E-state index < -0.39 is 17.6 Å². The molecule has 1 aliphatic heterocycles. The zero-order chi connectivity index (χ0) is 19.7. The van der Waals surface area contributed by atoms with Gasteiger partial charge in [-0.25, -0.2) is 4.90 Å². The average molecular weight is 387 g/mol. The summed E-state index contributed by atoms with van der Waals surface area (Å²) in [6, 6.07) is 10.6. The standard InChI is InChI=1S/C19H15ClN2O5/c1-10(23)21-12-5-3-11(4-6-12)16-17(24)19(26)22(18(16)25)13-7-8-15(27-2)14(20)9-13/h3-9,24H,1-2H3,(H,21,23). The Bertz CT molecular complexity index is 982. The van der Waals surface area contributed by atoms with Gasteiger partial charge in [-0.15, -0.1) is 0 Å². The molecule has 8 heteroatoms. The van der Waals surface area contributed by atoms with E-state index in [4.69, 9.17) is 16.3 Å². The maximum atomic E-state index is 12.8. The van der Waals surface area contributed by atoms with Crippen LogP contribution in [0.4, 0.5) is 11.4 Å². The molecule has 7 nitrogen and oxygen atoms in total. The zero-order valence-corrected chi connectivity index (χ0v) is 15.2. The summed E-state index contributed by atoms with van der Waals surface area (Å²) in [6.45, 7) is 1.37. The van der Waals surface area contributed by atoms with Crippen LogP contribution in [0.1, 0.15) is 12.5 Å². The fraction of sp³-hybridized carbons (Fsp3) is 0.105. The number of amides is 3. The minimum atomic E-state index is -0.845. The van der Waals surface area contributed by atoms with E-state index >= 15 is 0 Å². The molecular formula is C19H15ClN2O5. The Balaban J connectivity index is 1.94. The summed E-state index contributed by atoms with van der Waals surface area (Å²) in [5, 5.41) is 13.1. The van der Waals surface area contributed by atoms with Crippen LogP contribution >= 0.6 is 11.6 Å². The van der Waals surface area contributed by atoms with Crippen molar-refractivity contribution >= 4 is 46.3 Å². The Hall–Kier alpha value is -3.32. The third-order valence-electron chi connectivity index (χ3n) is 3.95. The number of ether oxygens (including phenoxy) is 1. The number of nitrogens with one attached hydrogen (secondary N) is 1. The highest BCUT2D eigenvalue weighted by atomic mass is 35.5. The second kappa shape index (κ2) is 7.13. The van der Waals surface area contributed by atoms with Crippen molar-refractivity contribution < 1.29 is 24.2 Å². The molecule has 138 valence electrons. The van der Waals surface area contributed by atoms with E-state index in [1.807, 2.05) is 0 Å². The molecule has 0 bridgehead atoms. The molecular weight excluding hydrogens is 372 g/mol. The molecule has 1 aliphatic rings. The van der Waals surface area contributed by atoms with Crippen molar-refractivity contribution in [2.45, 2.75) is 6.92 Å². The lowest BCUT2D eigenvalue weighted by atomic mass is 10.1. The van der Waals surface area contributed by atoms with Gasteiger partial charge in [-0.1, -0.05) is 23.7 Å². The summed E-state index contributed by atoms with van der Waals surface area (Å²) in [5.74, 6) is -2.02. The molecule has 0 aliphatic carbocycles. The SMILES string of the molecule is COc1ccc(N2C(=O)C(O)=C(c3ccc(NC(C)=O)cc3)C2=O)cc1Cl. The first-order valence-corrected chi connectivity index (χ1v) is 8.25. The van der Waals surface area contributed by atoms with Crippen LogP contribution in [0.25, 0.3) is 5.57 Å². The van der Waals surface area contributed by atoms with Gasteiger partial charge in [0.05, 0.1) is 23.4 Å². The number of aliphatic hydroxyl groups is 1. The van der Waals surface area contributed by atoms with Gasteiger partial charge in [-0.05, 0) is 35.9 Å². The number of methoxy groups -OCH3 is 1. The Morgan fingerprint density at radius 1 is 1.11 bits per heavy atom. The molecule has 0 radical (unpaired) electrons. The maximum absolute atomic E-state index is 12.8. The lowest BCUT2D eigenvalue weighted by Gasteiger charge is -2.16. The minimum absolute atomic E-state index is 0.124. The number of benzene rings is 2. The fourth-order valence-electron chi connectivity index (χ4n) is 2.73. The lowest BCUT2D eigenvalue weighted by molar-refractivity contribution is -0.121. The van der Waals surface area contributed by atoms with Crippen molar-refractivity contribution in [3.8, 4) is 5.75 Å². The third kappa shape index (κ3) is 3.37. The molecule has 0 saturated carbocycles. The lowest BCUT2D eigenvalue weighted by Crippen LogP contribution is -2.31. The quantitative estimate of drug-likeness (QED) is 0.787. The molecule has 3 amide bonds. The van der Waals surface area contributed by atoms with Crippen molar-refractivity contribution in [1.29, 1.82) is 0 Å². The number of imide groups is 1. The molecule has 0 unspecified atom stereocenters. The topological polar surface area (TPSA) is 95.9 Å². The van der Waals surface area contributed by atoms with Gasteiger partial charge in [-0.2, -0.15) is 0 Å². The minimum Gasteiger partial charge on any atom is -0.502 e. The number of carbonyl (C=O) groups excluding carboxylic acids is 3. The Morgan fingerprint density at radius 2 is 1.78 bits per heavy atom. The number of carbonyl (C=O) groups is 3. The monoisotopic (exact) mass is 386 g/mol. The highest BCUT2D eigenvalue weighted by molar-refractivity contribution is 6.45. The van der Waals surface area contributed by atoms with Gasteiger partial charge in [-0.3, -0.25) is 14.4 Å². The van der Waals surface area contributed by atoms with Crippen molar-refractivity contribution in [1.82, 2.24) is 0 Å². The second-order valence-electron chi connectivity index (χ2n) is 5.75. The van der Waals surface area contributed by atoms with E-state index in [-0.39, 0.29) is 22.2 Å². The normalized spacial score (nSPS) is 14.0. The van der Waals surface area contributed by atoms with Crippen molar-refractivity contribution in [2.24, 2.45) is 0 Å². The molecule has 0 saturated heterocycles. The number of halogens is 1. The highest BCUT2D eigenvalue weighted by Gasteiger charge is 2.40. The molecule has 1 heterocycles. The van der Waals surface area contributed by atoms with Crippen molar-refractivity contribution in [3.05, 3.63) is 58.8 Å². The highest BCUT2D eigenvalue weighted by Crippen LogP contribution is 2.35. The maximum Gasteiger partial charge on any atom is 0.301 e. The van der Waals surface area contributed by atoms with Gasteiger partial charge >= 0.3 is 5.91 Å². The van der Waals surface area contributed by atoms with E-state index in [1.165, 1.54) is 44.4 Å². The van der Waals surface area contributed by atoms with Crippen LogP contribution in [0.15, 0.2) is 48.2 Å². The summed E-state index contributed by atoms with van der Waals surface area (Å²) in [4.78, 5) is 37.2. The first-order chi connectivity index (χ1) is 12.8. The largest absolute Gasteiger partial charge is 0.502 e. The summed E-state index contributed by atoms with van der Waals surface area (Å²) >= 11 is 6.07. The van der Waals surface area contributed by atoms with E-state index in [9.17, 15) is 19.5 Å². The van der Waals surface area contributed by atoms with Crippen LogP contribution in [-0.4, -0.2) is 29.9 Å². The smallest absolute Gasteiger partial charge is 0.301 e. The molecule has 2 N–H and O–H groups in total. The third-order valence-corrected chi connectivity index (χ3v) is 4.24. The van der Waals surface area contributed by atoms with Crippen molar-refractivity contribution in [2.75, 3.05) is 17.3 Å². The molecule has 0 aromatic heterocycles. The van der Waals surface area contributed by atoms with Crippen LogP contribution in [0.3, 0.4) is 0 Å². The molecule has 0 atom stereocenters. The van der Waals surface area contributed by atoms with Gasteiger partial charge in [0.2, 0.25) is 5.91 Å². The number of nitrogens with zero attached hydrogens (tertiary/aromatic N) is 1. The molecule has 3 rings (SSSR count). The van der Waals surface area contributed by atoms with E-state index in [1.54, 1.807) is 12.1 Å². The Kier molecular flexibility index (Phi) is 4.87. The predicted octanol–water partition coefficient (Wildman–Crippen LogP) is 3.15. The van der Waals surface area contributed by atoms with Crippen molar-refractivity contribution in [3.63, 3.8) is 0 Å².